The molecule has 0 aliphatic carbocycles. The number of anilines is 1. The first-order valence-corrected chi connectivity index (χ1v) is 8.02. The lowest BCUT2D eigenvalue weighted by molar-refractivity contribution is 1.15. The Bertz CT molecular complexity index is 617. The molecule has 100 valence electrons. The Kier molecular flexibility index (Phi) is 5.44. The van der Waals surface area contributed by atoms with E-state index in [9.17, 15) is 0 Å². The molecule has 19 heavy (non-hydrogen) atoms. The van der Waals surface area contributed by atoms with Gasteiger partial charge in [0.25, 0.3) is 0 Å². The highest BCUT2D eigenvalue weighted by Gasteiger charge is 2.09. The summed E-state index contributed by atoms with van der Waals surface area (Å²) in [5, 5.41) is 4.91. The van der Waals surface area contributed by atoms with Gasteiger partial charge in [0.2, 0.25) is 0 Å². The van der Waals surface area contributed by atoms with Gasteiger partial charge in [-0.2, -0.15) is 0 Å². The monoisotopic (exact) mass is 441 g/mol. The third-order valence-corrected chi connectivity index (χ3v) is 5.15. The Morgan fingerprint density at radius 1 is 0.947 bits per heavy atom. The minimum atomic E-state index is 0.488. The summed E-state index contributed by atoms with van der Waals surface area (Å²) in [6.07, 6.45) is 0. The van der Waals surface area contributed by atoms with Crippen molar-refractivity contribution >= 4 is 72.4 Å². The fraction of sp³-hybridized carbons (Fsp3) is 0.0769. The molecule has 0 spiro atoms. The van der Waals surface area contributed by atoms with Crippen molar-refractivity contribution in [2.45, 2.75) is 6.54 Å². The van der Waals surface area contributed by atoms with Crippen LogP contribution in [-0.4, -0.2) is 0 Å². The van der Waals surface area contributed by atoms with E-state index in [1.807, 2.05) is 30.3 Å². The zero-order valence-electron chi connectivity index (χ0n) is 9.48. The van der Waals surface area contributed by atoms with Crippen LogP contribution < -0.4 is 5.32 Å². The Morgan fingerprint density at radius 3 is 2.42 bits per heavy atom. The molecule has 0 fully saturated rings. The van der Waals surface area contributed by atoms with Crippen molar-refractivity contribution in [3.8, 4) is 0 Å². The molecule has 0 saturated carbocycles. The van der Waals surface area contributed by atoms with Gasteiger partial charge in [0.1, 0.15) is 0 Å². The molecule has 0 atom stereocenters. The van der Waals surface area contributed by atoms with Crippen molar-refractivity contribution in [2.24, 2.45) is 0 Å². The highest BCUT2D eigenvalue weighted by atomic mass is 79.9. The topological polar surface area (TPSA) is 12.0 Å². The number of nitrogens with one attached hydrogen (secondary N) is 1. The zero-order chi connectivity index (χ0) is 14.0. The third-order valence-electron chi connectivity index (χ3n) is 2.51. The maximum absolute atomic E-state index is 6.17. The second kappa shape index (κ2) is 6.68. The minimum Gasteiger partial charge on any atom is -0.380 e. The molecule has 1 nitrogen and oxygen atoms in total. The maximum Gasteiger partial charge on any atom is 0.0835 e. The van der Waals surface area contributed by atoms with Crippen LogP contribution in [0, 0.1) is 0 Å². The molecule has 0 aliphatic heterocycles. The molecule has 0 saturated heterocycles. The number of halogens is 5. The Morgan fingerprint density at radius 2 is 1.68 bits per heavy atom. The van der Waals surface area contributed by atoms with E-state index in [-0.39, 0.29) is 0 Å². The van der Waals surface area contributed by atoms with Crippen molar-refractivity contribution in [1.82, 2.24) is 0 Å². The van der Waals surface area contributed by atoms with E-state index in [0.29, 0.717) is 21.6 Å². The van der Waals surface area contributed by atoms with Gasteiger partial charge in [-0.1, -0.05) is 50.7 Å². The first-order valence-electron chi connectivity index (χ1n) is 5.30. The van der Waals surface area contributed by atoms with Crippen LogP contribution in [-0.2, 0) is 6.54 Å². The lowest BCUT2D eigenvalue weighted by Crippen LogP contribution is -2.01. The zero-order valence-corrected chi connectivity index (χ0v) is 14.9. The van der Waals surface area contributed by atoms with Crippen LogP contribution in [0.15, 0.2) is 39.3 Å². The first kappa shape index (κ1) is 15.5. The number of benzene rings is 2. The van der Waals surface area contributed by atoms with Crippen LogP contribution in [0.4, 0.5) is 5.69 Å². The summed E-state index contributed by atoms with van der Waals surface area (Å²) in [5.74, 6) is 0. The van der Waals surface area contributed by atoms with Crippen LogP contribution in [0.5, 0.6) is 0 Å². The molecule has 2 rings (SSSR count). The average Bonchev–Trinajstić information content (AvgIpc) is 2.39. The molecule has 0 bridgehead atoms. The molecule has 6 heteroatoms. The smallest absolute Gasteiger partial charge is 0.0835 e. The van der Waals surface area contributed by atoms with Crippen LogP contribution >= 0.6 is 66.7 Å². The highest BCUT2D eigenvalue weighted by molar-refractivity contribution is 9.10. The maximum atomic E-state index is 6.17. The van der Waals surface area contributed by atoms with Gasteiger partial charge in [-0.25, -0.2) is 0 Å². The normalized spacial score (nSPS) is 10.6. The van der Waals surface area contributed by atoms with E-state index in [4.69, 9.17) is 34.8 Å². The Labute approximate surface area is 143 Å². The van der Waals surface area contributed by atoms with E-state index in [2.05, 4.69) is 37.2 Å². The van der Waals surface area contributed by atoms with Crippen LogP contribution in [0.2, 0.25) is 15.1 Å². The van der Waals surface area contributed by atoms with Crippen molar-refractivity contribution in [1.29, 1.82) is 0 Å². The fourth-order valence-corrected chi connectivity index (χ4v) is 2.97. The van der Waals surface area contributed by atoms with Gasteiger partial charge in [0, 0.05) is 20.5 Å². The predicted octanol–water partition coefficient (Wildman–Crippen LogP) is 6.78. The van der Waals surface area contributed by atoms with Crippen molar-refractivity contribution in [2.75, 3.05) is 5.32 Å². The van der Waals surface area contributed by atoms with Gasteiger partial charge in [-0.05, 0) is 51.8 Å². The Hall–Kier alpha value is 0.0700. The quantitative estimate of drug-likeness (QED) is 0.515. The van der Waals surface area contributed by atoms with Gasteiger partial charge in [-0.15, -0.1) is 0 Å². The summed E-state index contributed by atoms with van der Waals surface area (Å²) in [5.41, 5.74) is 1.75. The van der Waals surface area contributed by atoms with Gasteiger partial charge in [-0.3, -0.25) is 0 Å². The van der Waals surface area contributed by atoms with Gasteiger partial charge >= 0.3 is 0 Å². The minimum absolute atomic E-state index is 0.488. The van der Waals surface area contributed by atoms with E-state index in [1.54, 1.807) is 0 Å². The van der Waals surface area contributed by atoms with Crippen LogP contribution in [0.1, 0.15) is 5.56 Å². The van der Waals surface area contributed by atoms with E-state index >= 15 is 0 Å². The van der Waals surface area contributed by atoms with Gasteiger partial charge in [0.05, 0.1) is 15.7 Å². The predicted molar refractivity (Wildman–Crippen MR) is 90.6 cm³/mol. The molecular formula is C13H8Br2Cl3N. The summed E-state index contributed by atoms with van der Waals surface area (Å²) >= 11 is 25.1. The molecule has 2 aromatic carbocycles. The summed E-state index contributed by atoms with van der Waals surface area (Å²) < 4.78 is 1.75. The van der Waals surface area contributed by atoms with E-state index < -0.39 is 0 Å². The molecule has 0 aliphatic rings. The van der Waals surface area contributed by atoms with Crippen LogP contribution in [0.25, 0.3) is 0 Å². The third kappa shape index (κ3) is 3.79. The summed E-state index contributed by atoms with van der Waals surface area (Å²) in [7, 11) is 0. The fourth-order valence-electron chi connectivity index (χ4n) is 1.53. The highest BCUT2D eigenvalue weighted by Crippen LogP contribution is 2.36. The molecule has 0 aromatic heterocycles. The van der Waals surface area contributed by atoms with E-state index in [0.717, 1.165) is 20.2 Å². The second-order valence-electron chi connectivity index (χ2n) is 3.81. The largest absolute Gasteiger partial charge is 0.380 e. The van der Waals surface area contributed by atoms with Crippen molar-refractivity contribution < 1.29 is 0 Å². The number of rotatable bonds is 3. The number of hydrogen-bond donors (Lipinski definition) is 1. The Balaban J connectivity index is 2.19. The molecule has 0 unspecified atom stereocenters. The standard InChI is InChI=1S/C13H8Br2Cl3N/c14-8-1-3-10(16)7(5-8)6-19-11-4-2-9(15)12(17)13(11)18/h1-5,19H,6H2. The second-order valence-corrected chi connectivity index (χ2v) is 6.75. The molecule has 1 N–H and O–H groups in total. The first-order chi connectivity index (χ1) is 8.99. The lowest BCUT2D eigenvalue weighted by atomic mass is 10.2. The molecule has 0 radical (unpaired) electrons. The molecule has 2 aromatic rings. The van der Waals surface area contributed by atoms with Crippen LogP contribution in [0.3, 0.4) is 0 Å². The van der Waals surface area contributed by atoms with Gasteiger partial charge < -0.3 is 5.32 Å². The van der Waals surface area contributed by atoms with Gasteiger partial charge in [0.15, 0.2) is 0 Å². The molecule has 0 heterocycles. The summed E-state index contributed by atoms with van der Waals surface area (Å²) in [6, 6.07) is 9.42. The summed E-state index contributed by atoms with van der Waals surface area (Å²) in [6.45, 7) is 0.565. The summed E-state index contributed by atoms with van der Waals surface area (Å²) in [4.78, 5) is 0. The van der Waals surface area contributed by atoms with Crippen molar-refractivity contribution in [3.05, 3.63) is 59.9 Å². The van der Waals surface area contributed by atoms with Crippen molar-refractivity contribution in [3.63, 3.8) is 0 Å². The molecule has 0 amide bonds. The average molecular weight is 444 g/mol. The lowest BCUT2D eigenvalue weighted by Gasteiger charge is -2.11. The number of hydrogen-bond acceptors (Lipinski definition) is 1. The SMILES string of the molecule is Clc1ccc(Br)cc1CNc1ccc(Br)c(Cl)c1Cl. The van der Waals surface area contributed by atoms with E-state index in [1.165, 1.54) is 0 Å². The molecular weight excluding hydrogens is 436 g/mol.